The first kappa shape index (κ1) is 22.0. The molecule has 1 atom stereocenters. The number of carbonyl (C=O) groups excluding carboxylic acids is 2. The van der Waals surface area contributed by atoms with Gasteiger partial charge in [0.05, 0.1) is 37.4 Å². The van der Waals surface area contributed by atoms with Gasteiger partial charge in [0.1, 0.15) is 5.75 Å². The summed E-state index contributed by atoms with van der Waals surface area (Å²) in [5.74, 6) is 0.603. The van der Waals surface area contributed by atoms with Crippen LogP contribution in [0, 0.1) is 0 Å². The van der Waals surface area contributed by atoms with Crippen molar-refractivity contribution in [3.05, 3.63) is 60.0 Å². The van der Waals surface area contributed by atoms with E-state index in [4.69, 9.17) is 14.0 Å². The number of amides is 1. The number of likely N-dealkylation sites (N-methyl/N-ethyl adjacent to an activating group) is 1. The maximum Gasteiger partial charge on any atom is 0.340 e. The van der Waals surface area contributed by atoms with E-state index in [1.54, 1.807) is 57.5 Å². The number of carbonyl (C=O) groups is 2. The van der Waals surface area contributed by atoms with Crippen LogP contribution >= 0.6 is 0 Å². The van der Waals surface area contributed by atoms with Crippen molar-refractivity contribution in [3.8, 4) is 17.1 Å². The molecular formula is C22H24N4O5. The highest BCUT2D eigenvalue weighted by Gasteiger charge is 2.23. The first-order valence-corrected chi connectivity index (χ1v) is 9.77. The van der Waals surface area contributed by atoms with Crippen molar-refractivity contribution in [1.82, 2.24) is 15.5 Å². The van der Waals surface area contributed by atoms with Crippen molar-refractivity contribution in [2.24, 2.45) is 0 Å². The molecule has 0 aliphatic carbocycles. The van der Waals surface area contributed by atoms with E-state index >= 15 is 0 Å². The second-order valence-corrected chi connectivity index (χ2v) is 6.54. The van der Waals surface area contributed by atoms with Crippen LogP contribution < -0.4 is 15.4 Å². The average molecular weight is 424 g/mol. The number of anilines is 1. The van der Waals surface area contributed by atoms with E-state index in [0.717, 1.165) is 11.3 Å². The maximum absolute atomic E-state index is 12.8. The SMILES string of the molecule is CCOC(=O)c1ccccc1NC(=O)C(Cc1nc(-c2ccc(OC)cc2)no1)NC. The summed E-state index contributed by atoms with van der Waals surface area (Å²) in [5, 5.41) is 9.69. The molecule has 1 unspecified atom stereocenters. The molecule has 1 heterocycles. The van der Waals surface area contributed by atoms with E-state index in [0.29, 0.717) is 17.4 Å². The molecule has 0 bridgehead atoms. The Bertz CT molecular complexity index is 1030. The summed E-state index contributed by atoms with van der Waals surface area (Å²) < 4.78 is 15.5. The first-order valence-electron chi connectivity index (χ1n) is 9.77. The monoisotopic (exact) mass is 424 g/mol. The van der Waals surface area contributed by atoms with E-state index in [2.05, 4.69) is 20.8 Å². The van der Waals surface area contributed by atoms with Crippen molar-refractivity contribution in [2.45, 2.75) is 19.4 Å². The largest absolute Gasteiger partial charge is 0.497 e. The van der Waals surface area contributed by atoms with Gasteiger partial charge in [0.2, 0.25) is 17.6 Å². The van der Waals surface area contributed by atoms with Crippen molar-refractivity contribution in [2.75, 3.05) is 26.1 Å². The fraction of sp³-hybridized carbons (Fsp3) is 0.273. The summed E-state index contributed by atoms with van der Waals surface area (Å²) in [4.78, 5) is 29.3. The maximum atomic E-state index is 12.8. The zero-order chi connectivity index (χ0) is 22.2. The molecule has 2 aromatic carbocycles. The van der Waals surface area contributed by atoms with Gasteiger partial charge in [0.25, 0.3) is 0 Å². The lowest BCUT2D eigenvalue weighted by molar-refractivity contribution is -0.118. The van der Waals surface area contributed by atoms with Gasteiger partial charge in [-0.15, -0.1) is 0 Å². The fourth-order valence-corrected chi connectivity index (χ4v) is 2.89. The molecule has 2 N–H and O–H groups in total. The number of aromatic nitrogens is 2. The zero-order valence-electron chi connectivity index (χ0n) is 17.5. The molecule has 9 nitrogen and oxygen atoms in total. The van der Waals surface area contributed by atoms with Crippen LogP contribution in [0.1, 0.15) is 23.2 Å². The minimum atomic E-state index is -0.653. The number of ether oxygens (including phenoxy) is 2. The van der Waals surface area contributed by atoms with Gasteiger partial charge in [-0.25, -0.2) is 4.79 Å². The Morgan fingerprint density at radius 1 is 1.13 bits per heavy atom. The van der Waals surface area contributed by atoms with Gasteiger partial charge in [-0.2, -0.15) is 4.98 Å². The predicted octanol–water partition coefficient (Wildman–Crippen LogP) is 2.69. The topological polar surface area (TPSA) is 116 Å². The summed E-state index contributed by atoms with van der Waals surface area (Å²) >= 11 is 0. The highest BCUT2D eigenvalue weighted by atomic mass is 16.5. The summed E-state index contributed by atoms with van der Waals surface area (Å²) in [7, 11) is 3.25. The van der Waals surface area contributed by atoms with Crippen LogP contribution in [0.5, 0.6) is 5.75 Å². The average Bonchev–Trinajstić information content (AvgIpc) is 3.26. The minimum Gasteiger partial charge on any atom is -0.497 e. The number of methoxy groups -OCH3 is 1. The normalized spacial score (nSPS) is 11.6. The highest BCUT2D eigenvalue weighted by molar-refractivity contribution is 6.02. The third-order valence-electron chi connectivity index (χ3n) is 4.54. The molecule has 162 valence electrons. The lowest BCUT2D eigenvalue weighted by atomic mass is 10.1. The van der Waals surface area contributed by atoms with Gasteiger partial charge < -0.3 is 24.6 Å². The number of para-hydroxylation sites is 1. The number of rotatable bonds is 9. The third kappa shape index (κ3) is 5.46. The second kappa shape index (κ2) is 10.4. The molecule has 0 radical (unpaired) electrons. The summed E-state index contributed by atoms with van der Waals surface area (Å²) in [6.07, 6.45) is 0.174. The molecule has 31 heavy (non-hydrogen) atoms. The Morgan fingerprint density at radius 2 is 1.87 bits per heavy atom. The molecule has 1 aromatic heterocycles. The van der Waals surface area contributed by atoms with Crippen LogP contribution in [-0.4, -0.2) is 48.8 Å². The van der Waals surface area contributed by atoms with Gasteiger partial charge in [0.15, 0.2) is 0 Å². The Labute approximate surface area is 179 Å². The van der Waals surface area contributed by atoms with Crippen LogP contribution in [0.3, 0.4) is 0 Å². The van der Waals surface area contributed by atoms with Gasteiger partial charge in [0, 0.05) is 5.56 Å². The van der Waals surface area contributed by atoms with E-state index in [1.807, 2.05) is 12.1 Å². The van der Waals surface area contributed by atoms with Gasteiger partial charge in [-0.3, -0.25) is 4.79 Å². The fourth-order valence-electron chi connectivity index (χ4n) is 2.89. The van der Waals surface area contributed by atoms with E-state index < -0.39 is 12.0 Å². The van der Waals surface area contributed by atoms with Crippen molar-refractivity contribution < 1.29 is 23.6 Å². The molecule has 0 saturated heterocycles. The third-order valence-corrected chi connectivity index (χ3v) is 4.54. The molecule has 3 rings (SSSR count). The number of benzene rings is 2. The molecule has 0 aliphatic heterocycles. The first-order chi connectivity index (χ1) is 15.0. The van der Waals surface area contributed by atoms with Crippen molar-refractivity contribution >= 4 is 17.6 Å². The molecule has 0 fully saturated rings. The van der Waals surface area contributed by atoms with Crippen LogP contribution in [0.2, 0.25) is 0 Å². The minimum absolute atomic E-state index is 0.174. The van der Waals surface area contributed by atoms with Crippen LogP contribution in [0.15, 0.2) is 53.1 Å². The summed E-state index contributed by atoms with van der Waals surface area (Å²) in [5.41, 5.74) is 1.42. The van der Waals surface area contributed by atoms with Crippen molar-refractivity contribution in [3.63, 3.8) is 0 Å². The van der Waals surface area contributed by atoms with Crippen LogP contribution in [-0.2, 0) is 16.0 Å². The number of nitrogens with zero attached hydrogens (tertiary/aromatic N) is 2. The summed E-state index contributed by atoms with van der Waals surface area (Å²) in [6, 6.07) is 13.3. The van der Waals surface area contributed by atoms with Gasteiger partial charge >= 0.3 is 5.97 Å². The van der Waals surface area contributed by atoms with E-state index in [-0.39, 0.29) is 24.5 Å². The Morgan fingerprint density at radius 3 is 2.55 bits per heavy atom. The Balaban J connectivity index is 1.70. The number of hydrogen-bond donors (Lipinski definition) is 2. The highest BCUT2D eigenvalue weighted by Crippen LogP contribution is 2.21. The number of esters is 1. The van der Waals surface area contributed by atoms with Crippen molar-refractivity contribution in [1.29, 1.82) is 0 Å². The van der Waals surface area contributed by atoms with E-state index in [9.17, 15) is 9.59 Å². The standard InChI is InChI=1S/C22H24N4O5/c1-4-30-22(28)16-7-5-6-8-17(16)24-21(27)18(23-2)13-19-25-20(26-31-19)14-9-11-15(29-3)12-10-14/h5-12,18,23H,4,13H2,1-3H3,(H,24,27). The number of hydrogen-bond acceptors (Lipinski definition) is 8. The molecule has 0 spiro atoms. The molecule has 0 saturated carbocycles. The lowest BCUT2D eigenvalue weighted by Crippen LogP contribution is -2.40. The van der Waals surface area contributed by atoms with Crippen LogP contribution in [0.4, 0.5) is 5.69 Å². The molecule has 9 heteroatoms. The van der Waals surface area contributed by atoms with E-state index in [1.165, 1.54) is 0 Å². The smallest absolute Gasteiger partial charge is 0.340 e. The van der Waals surface area contributed by atoms with Gasteiger partial charge in [-0.05, 0) is 50.4 Å². The molecule has 1 amide bonds. The van der Waals surface area contributed by atoms with Gasteiger partial charge in [-0.1, -0.05) is 17.3 Å². The quantitative estimate of drug-likeness (QED) is 0.504. The van der Waals surface area contributed by atoms with Crippen LogP contribution in [0.25, 0.3) is 11.4 Å². The lowest BCUT2D eigenvalue weighted by Gasteiger charge is -2.16. The number of nitrogens with one attached hydrogen (secondary N) is 2. The molecule has 3 aromatic rings. The Hall–Kier alpha value is -3.72. The summed E-state index contributed by atoms with van der Waals surface area (Å²) in [6.45, 7) is 1.97. The predicted molar refractivity (Wildman–Crippen MR) is 114 cm³/mol. The zero-order valence-corrected chi connectivity index (χ0v) is 17.5. The Kier molecular flexibility index (Phi) is 7.34. The molecule has 0 aliphatic rings. The second-order valence-electron chi connectivity index (χ2n) is 6.54. The molecular weight excluding hydrogens is 400 g/mol.